The van der Waals surface area contributed by atoms with Gasteiger partial charge in [-0.1, -0.05) is 48.0 Å². The average molecular weight is 258 g/mol. The first-order valence-corrected chi connectivity index (χ1v) is 6.71. The molecule has 0 aliphatic heterocycles. The van der Waals surface area contributed by atoms with E-state index in [1.54, 1.807) is 0 Å². The summed E-state index contributed by atoms with van der Waals surface area (Å²) in [6, 6.07) is 16.8. The van der Waals surface area contributed by atoms with Crippen molar-refractivity contribution in [3.05, 3.63) is 59.1 Å². The molecule has 0 amide bonds. The highest BCUT2D eigenvalue weighted by atomic mass is 35.5. The fourth-order valence-corrected chi connectivity index (χ4v) is 2.63. The predicted molar refractivity (Wildman–Crippen MR) is 76.8 cm³/mol. The van der Waals surface area contributed by atoms with Gasteiger partial charge in [0.05, 0.1) is 0 Å². The zero-order valence-corrected chi connectivity index (χ0v) is 10.9. The van der Waals surface area contributed by atoms with Crippen molar-refractivity contribution < 1.29 is 0 Å². The molecule has 0 radical (unpaired) electrons. The zero-order chi connectivity index (χ0) is 12.5. The van der Waals surface area contributed by atoms with E-state index in [2.05, 4.69) is 36.4 Å². The van der Waals surface area contributed by atoms with Crippen LogP contribution in [0.15, 0.2) is 48.5 Å². The van der Waals surface area contributed by atoms with Crippen LogP contribution in [0.1, 0.15) is 17.9 Å². The van der Waals surface area contributed by atoms with E-state index in [1.165, 1.54) is 23.1 Å². The molecule has 0 bridgehead atoms. The van der Waals surface area contributed by atoms with Gasteiger partial charge in [0.2, 0.25) is 0 Å². The van der Waals surface area contributed by atoms with Gasteiger partial charge < -0.3 is 5.73 Å². The summed E-state index contributed by atoms with van der Waals surface area (Å²) in [4.78, 5) is 0. The molecule has 2 N–H and O–H groups in total. The van der Waals surface area contributed by atoms with E-state index < -0.39 is 0 Å². The second-order valence-electron chi connectivity index (χ2n) is 4.97. The number of rotatable bonds is 3. The molecule has 18 heavy (non-hydrogen) atoms. The third kappa shape index (κ3) is 2.29. The summed E-state index contributed by atoms with van der Waals surface area (Å²) >= 11 is 5.91. The first-order chi connectivity index (χ1) is 8.78. The summed E-state index contributed by atoms with van der Waals surface area (Å²) in [5.41, 5.74) is 9.60. The Bertz CT molecular complexity index is 547. The summed E-state index contributed by atoms with van der Waals surface area (Å²) in [5.74, 6) is 1.35. The van der Waals surface area contributed by atoms with E-state index in [-0.39, 0.29) is 0 Å². The Balaban J connectivity index is 1.89. The second kappa shape index (κ2) is 4.75. The summed E-state index contributed by atoms with van der Waals surface area (Å²) < 4.78 is 0. The smallest absolute Gasteiger partial charge is 0.0406 e. The molecule has 0 heterocycles. The van der Waals surface area contributed by atoms with Gasteiger partial charge in [-0.05, 0) is 53.6 Å². The van der Waals surface area contributed by atoms with Crippen molar-refractivity contribution in [3.63, 3.8) is 0 Å². The van der Waals surface area contributed by atoms with Crippen LogP contribution >= 0.6 is 11.6 Å². The molecule has 2 aromatic carbocycles. The molecule has 2 aromatic rings. The Morgan fingerprint density at radius 1 is 1.06 bits per heavy atom. The van der Waals surface area contributed by atoms with Crippen molar-refractivity contribution in [1.29, 1.82) is 0 Å². The van der Waals surface area contributed by atoms with Crippen LogP contribution < -0.4 is 5.73 Å². The van der Waals surface area contributed by atoms with E-state index in [4.69, 9.17) is 17.3 Å². The standard InChI is InChI=1S/C16H16ClN/c17-15-6-4-11(5-7-15)12-2-1-3-13(8-12)16-9-14(16)10-18/h1-8,14,16H,9-10,18H2/t14-,16-/m1/s1. The lowest BCUT2D eigenvalue weighted by atomic mass is 10.0. The Kier molecular flexibility index (Phi) is 3.11. The van der Waals surface area contributed by atoms with Gasteiger partial charge in [0.25, 0.3) is 0 Å². The minimum Gasteiger partial charge on any atom is -0.330 e. The minimum absolute atomic E-state index is 0.669. The van der Waals surface area contributed by atoms with Gasteiger partial charge in [-0.2, -0.15) is 0 Å². The van der Waals surface area contributed by atoms with Crippen molar-refractivity contribution >= 4 is 11.6 Å². The van der Waals surface area contributed by atoms with Gasteiger partial charge in [-0.15, -0.1) is 0 Å². The van der Waals surface area contributed by atoms with Gasteiger partial charge in [0.1, 0.15) is 0 Å². The van der Waals surface area contributed by atoms with Crippen LogP contribution in [-0.4, -0.2) is 6.54 Å². The molecule has 1 aliphatic rings. The van der Waals surface area contributed by atoms with E-state index in [0.717, 1.165) is 11.6 Å². The van der Waals surface area contributed by atoms with Crippen molar-refractivity contribution in [1.82, 2.24) is 0 Å². The number of halogens is 1. The van der Waals surface area contributed by atoms with Gasteiger partial charge in [0.15, 0.2) is 0 Å². The molecule has 2 heteroatoms. The molecule has 1 nitrogen and oxygen atoms in total. The maximum atomic E-state index is 5.91. The Morgan fingerprint density at radius 2 is 1.83 bits per heavy atom. The number of benzene rings is 2. The molecule has 0 spiro atoms. The highest BCUT2D eigenvalue weighted by molar-refractivity contribution is 6.30. The quantitative estimate of drug-likeness (QED) is 0.881. The highest BCUT2D eigenvalue weighted by Gasteiger charge is 2.36. The lowest BCUT2D eigenvalue weighted by Gasteiger charge is -2.05. The van der Waals surface area contributed by atoms with Crippen molar-refractivity contribution in [2.75, 3.05) is 6.54 Å². The second-order valence-corrected chi connectivity index (χ2v) is 5.41. The lowest BCUT2D eigenvalue weighted by Crippen LogP contribution is -2.01. The van der Waals surface area contributed by atoms with Crippen LogP contribution in [0.4, 0.5) is 0 Å². The first kappa shape index (κ1) is 11.8. The summed E-state index contributed by atoms with van der Waals surface area (Å²) in [7, 11) is 0. The SMILES string of the molecule is NC[C@H]1C[C@@H]1c1cccc(-c2ccc(Cl)cc2)c1. The number of hydrogen-bond acceptors (Lipinski definition) is 1. The molecule has 92 valence electrons. The van der Waals surface area contributed by atoms with E-state index in [0.29, 0.717) is 11.8 Å². The first-order valence-electron chi connectivity index (χ1n) is 6.34. The van der Waals surface area contributed by atoms with Crippen LogP contribution in [0.25, 0.3) is 11.1 Å². The normalized spacial score (nSPS) is 21.9. The molecule has 0 saturated heterocycles. The molecule has 0 aromatic heterocycles. The van der Waals surface area contributed by atoms with Crippen molar-refractivity contribution in [2.45, 2.75) is 12.3 Å². The van der Waals surface area contributed by atoms with Gasteiger partial charge in [-0.3, -0.25) is 0 Å². The van der Waals surface area contributed by atoms with E-state index in [9.17, 15) is 0 Å². The molecule has 1 saturated carbocycles. The van der Waals surface area contributed by atoms with Gasteiger partial charge >= 0.3 is 0 Å². The van der Waals surface area contributed by atoms with Crippen LogP contribution in [0, 0.1) is 5.92 Å². The third-order valence-electron chi connectivity index (χ3n) is 3.72. The number of nitrogens with two attached hydrogens (primary N) is 1. The predicted octanol–water partition coefficient (Wildman–Crippen LogP) is 4.07. The maximum Gasteiger partial charge on any atom is 0.0406 e. The highest BCUT2D eigenvalue weighted by Crippen LogP contribution is 2.47. The maximum absolute atomic E-state index is 5.91. The summed E-state index contributed by atoms with van der Waals surface area (Å²) in [6.07, 6.45) is 1.24. The monoisotopic (exact) mass is 257 g/mol. The van der Waals surface area contributed by atoms with E-state index in [1.807, 2.05) is 12.1 Å². The average Bonchev–Trinajstić information content (AvgIpc) is 3.19. The summed E-state index contributed by atoms with van der Waals surface area (Å²) in [5, 5.41) is 0.778. The molecule has 1 aliphatic carbocycles. The van der Waals surface area contributed by atoms with Crippen LogP contribution in [0.2, 0.25) is 5.02 Å². The molecule has 1 fully saturated rings. The number of hydrogen-bond donors (Lipinski definition) is 1. The van der Waals surface area contributed by atoms with Crippen LogP contribution in [0.3, 0.4) is 0 Å². The van der Waals surface area contributed by atoms with Crippen molar-refractivity contribution in [2.24, 2.45) is 11.7 Å². The summed E-state index contributed by atoms with van der Waals surface area (Å²) in [6.45, 7) is 0.801. The van der Waals surface area contributed by atoms with Gasteiger partial charge in [-0.25, -0.2) is 0 Å². The minimum atomic E-state index is 0.669. The van der Waals surface area contributed by atoms with Crippen molar-refractivity contribution in [3.8, 4) is 11.1 Å². The Hall–Kier alpha value is -1.31. The third-order valence-corrected chi connectivity index (χ3v) is 3.97. The molecule has 0 unspecified atom stereocenters. The van der Waals surface area contributed by atoms with Gasteiger partial charge in [0, 0.05) is 5.02 Å². The molecule has 2 atom stereocenters. The van der Waals surface area contributed by atoms with Crippen LogP contribution in [-0.2, 0) is 0 Å². The zero-order valence-electron chi connectivity index (χ0n) is 10.1. The van der Waals surface area contributed by atoms with E-state index >= 15 is 0 Å². The Labute approximate surface area is 113 Å². The topological polar surface area (TPSA) is 26.0 Å². The fraction of sp³-hybridized carbons (Fsp3) is 0.250. The lowest BCUT2D eigenvalue weighted by molar-refractivity contribution is 0.810. The largest absolute Gasteiger partial charge is 0.330 e. The van der Waals surface area contributed by atoms with Crippen LogP contribution in [0.5, 0.6) is 0 Å². The fourth-order valence-electron chi connectivity index (χ4n) is 2.51. The molecular weight excluding hydrogens is 242 g/mol. The molecule has 3 rings (SSSR count). The Morgan fingerprint density at radius 3 is 2.50 bits per heavy atom. The molecular formula is C16H16ClN.